The number of ketones is 1. The normalized spacial score (nSPS) is 17.3. The zero-order chi connectivity index (χ0) is 28.1. The number of rotatable bonds is 5. The molecular weight excluding hydrogens is 488 g/mol. The summed E-state index contributed by atoms with van der Waals surface area (Å²) in [6, 6.07) is 20.2. The summed E-state index contributed by atoms with van der Waals surface area (Å²) in [6.07, 6.45) is 0.855. The van der Waals surface area contributed by atoms with Crippen LogP contribution in [0.2, 0.25) is 0 Å². The Bertz CT molecular complexity index is 1620. The molecule has 6 nitrogen and oxygen atoms in total. The molecule has 1 aliphatic heterocycles. The molecule has 6 heteroatoms. The first kappa shape index (κ1) is 26.3. The Labute approximate surface area is 228 Å². The molecule has 1 fully saturated rings. The summed E-state index contributed by atoms with van der Waals surface area (Å²) in [5.74, 6) is -1.24. The predicted molar refractivity (Wildman–Crippen MR) is 155 cm³/mol. The van der Waals surface area contributed by atoms with Crippen molar-refractivity contribution in [2.24, 2.45) is 0 Å². The van der Waals surface area contributed by atoms with Crippen molar-refractivity contribution < 1.29 is 19.4 Å². The van der Waals surface area contributed by atoms with E-state index in [4.69, 9.17) is 4.74 Å². The highest BCUT2D eigenvalue weighted by atomic mass is 16.5. The molecule has 5 rings (SSSR count). The van der Waals surface area contributed by atoms with Crippen LogP contribution in [0.4, 0.5) is 5.69 Å². The molecule has 1 saturated heterocycles. The number of para-hydroxylation sites is 1. The van der Waals surface area contributed by atoms with Gasteiger partial charge in [0.25, 0.3) is 11.7 Å². The van der Waals surface area contributed by atoms with Crippen molar-refractivity contribution in [3.05, 3.63) is 100 Å². The third kappa shape index (κ3) is 4.40. The van der Waals surface area contributed by atoms with E-state index < -0.39 is 17.7 Å². The lowest BCUT2D eigenvalue weighted by Gasteiger charge is -2.26. The first-order chi connectivity index (χ1) is 18.6. The number of aromatic nitrogens is 1. The van der Waals surface area contributed by atoms with Crippen LogP contribution >= 0.6 is 0 Å². The average Bonchev–Trinajstić information content (AvgIpc) is 3.39. The number of carbonyl (C=O) groups excluding carboxylic acids is 2. The van der Waals surface area contributed by atoms with E-state index in [2.05, 4.69) is 32.7 Å². The Hall–Kier alpha value is -4.32. The van der Waals surface area contributed by atoms with Crippen molar-refractivity contribution in [1.29, 1.82) is 0 Å². The predicted octanol–water partition coefficient (Wildman–Crippen LogP) is 6.97. The van der Waals surface area contributed by atoms with E-state index in [0.717, 1.165) is 39.7 Å². The molecule has 2 N–H and O–H groups in total. The lowest BCUT2D eigenvalue weighted by Crippen LogP contribution is -2.29. The Balaban J connectivity index is 1.82. The van der Waals surface area contributed by atoms with Gasteiger partial charge >= 0.3 is 0 Å². The molecule has 2 heterocycles. The van der Waals surface area contributed by atoms with E-state index in [1.807, 2.05) is 67.6 Å². The third-order valence-corrected chi connectivity index (χ3v) is 7.60. The number of nitrogens with one attached hydrogen (secondary N) is 1. The molecule has 200 valence electrons. The largest absolute Gasteiger partial charge is 0.507 e. The van der Waals surface area contributed by atoms with Crippen LogP contribution in [0.1, 0.15) is 61.7 Å². The van der Waals surface area contributed by atoms with Gasteiger partial charge in [-0.1, -0.05) is 64.1 Å². The molecular formula is C33H34N2O4. The Morgan fingerprint density at radius 1 is 1.03 bits per heavy atom. The maximum absolute atomic E-state index is 13.8. The summed E-state index contributed by atoms with van der Waals surface area (Å²) >= 11 is 0. The van der Waals surface area contributed by atoms with Gasteiger partial charge in [-0.25, -0.2) is 0 Å². The van der Waals surface area contributed by atoms with E-state index in [-0.39, 0.29) is 16.7 Å². The van der Waals surface area contributed by atoms with Gasteiger partial charge in [-0.05, 0) is 60.2 Å². The van der Waals surface area contributed by atoms with Crippen LogP contribution in [0.25, 0.3) is 16.7 Å². The molecule has 39 heavy (non-hydrogen) atoms. The SMILES string of the molecule is CCc1ccc(N2C(=O)C(=O)/C(=C(/O)c3cc(C(C)(C)C)ccc3OC)C2c2c(C)[nH]c3ccccc23)cc1. The van der Waals surface area contributed by atoms with Gasteiger partial charge in [0.2, 0.25) is 0 Å². The molecule has 1 aromatic heterocycles. The molecule has 0 spiro atoms. The highest BCUT2D eigenvalue weighted by molar-refractivity contribution is 6.52. The number of benzene rings is 3. The second-order valence-electron chi connectivity index (χ2n) is 11.1. The van der Waals surface area contributed by atoms with Crippen molar-refractivity contribution in [3.63, 3.8) is 0 Å². The summed E-state index contributed by atoms with van der Waals surface area (Å²) in [5, 5.41) is 12.8. The number of ether oxygens (including phenoxy) is 1. The van der Waals surface area contributed by atoms with Crippen molar-refractivity contribution in [2.45, 2.75) is 52.5 Å². The fourth-order valence-corrected chi connectivity index (χ4v) is 5.42. The zero-order valence-electron chi connectivity index (χ0n) is 23.3. The highest BCUT2D eigenvalue weighted by Gasteiger charge is 2.48. The minimum atomic E-state index is -0.836. The van der Waals surface area contributed by atoms with Gasteiger partial charge in [-0.3, -0.25) is 14.5 Å². The number of carbonyl (C=O) groups is 2. The molecule has 0 bridgehead atoms. The number of amides is 1. The average molecular weight is 523 g/mol. The molecule has 0 aliphatic carbocycles. The third-order valence-electron chi connectivity index (χ3n) is 7.60. The quantitative estimate of drug-likeness (QED) is 0.168. The van der Waals surface area contributed by atoms with E-state index in [1.165, 1.54) is 12.0 Å². The molecule has 0 radical (unpaired) electrons. The fraction of sp³-hybridized carbons (Fsp3) is 0.273. The van der Waals surface area contributed by atoms with Gasteiger partial charge in [0.1, 0.15) is 11.5 Å². The maximum Gasteiger partial charge on any atom is 0.300 e. The zero-order valence-corrected chi connectivity index (χ0v) is 23.3. The van der Waals surface area contributed by atoms with Gasteiger partial charge in [0.05, 0.1) is 24.3 Å². The van der Waals surface area contributed by atoms with Crippen LogP contribution in [0.15, 0.2) is 72.3 Å². The molecule has 1 unspecified atom stereocenters. The lowest BCUT2D eigenvalue weighted by atomic mass is 9.85. The van der Waals surface area contributed by atoms with E-state index in [1.54, 1.807) is 6.07 Å². The van der Waals surface area contributed by atoms with Crippen LogP contribution < -0.4 is 9.64 Å². The number of aliphatic hydroxyl groups is 1. The number of nitrogens with zero attached hydrogens (tertiary/aromatic N) is 1. The lowest BCUT2D eigenvalue weighted by molar-refractivity contribution is -0.132. The van der Waals surface area contributed by atoms with Crippen molar-refractivity contribution in [2.75, 3.05) is 12.0 Å². The molecule has 3 aromatic carbocycles. The Morgan fingerprint density at radius 2 is 1.72 bits per heavy atom. The van der Waals surface area contributed by atoms with E-state index >= 15 is 0 Å². The van der Waals surface area contributed by atoms with Crippen molar-refractivity contribution in [3.8, 4) is 5.75 Å². The standard InChI is InChI=1S/C33H34N2O4/c1-7-20-12-15-22(16-13-20)35-29(27-19(2)34-25-11-9-8-10-23(25)27)28(31(37)32(35)38)30(36)24-18-21(33(3,4)5)14-17-26(24)39-6/h8-18,29,34,36H,7H2,1-6H3/b30-28+. The summed E-state index contributed by atoms with van der Waals surface area (Å²) < 4.78 is 5.60. The number of hydrogen-bond donors (Lipinski definition) is 2. The van der Waals surface area contributed by atoms with Crippen LogP contribution in [-0.4, -0.2) is 28.9 Å². The van der Waals surface area contributed by atoms with Crippen LogP contribution in [0.5, 0.6) is 5.75 Å². The molecule has 4 aromatic rings. The van der Waals surface area contributed by atoms with Crippen molar-refractivity contribution in [1.82, 2.24) is 4.98 Å². The number of H-pyrrole nitrogens is 1. The number of methoxy groups -OCH3 is 1. The van der Waals surface area contributed by atoms with Gasteiger partial charge in [-0.2, -0.15) is 0 Å². The van der Waals surface area contributed by atoms with Crippen molar-refractivity contribution >= 4 is 34.0 Å². The minimum absolute atomic E-state index is 0.0387. The van der Waals surface area contributed by atoms with Crippen LogP contribution in [0.3, 0.4) is 0 Å². The van der Waals surface area contributed by atoms with Gasteiger partial charge in [0.15, 0.2) is 0 Å². The molecule has 0 saturated carbocycles. The molecule has 1 atom stereocenters. The monoisotopic (exact) mass is 522 g/mol. The summed E-state index contributed by atoms with van der Waals surface area (Å²) in [6.45, 7) is 10.2. The number of hydrogen-bond acceptors (Lipinski definition) is 4. The number of aromatic amines is 1. The fourth-order valence-electron chi connectivity index (χ4n) is 5.42. The number of anilines is 1. The summed E-state index contributed by atoms with van der Waals surface area (Å²) in [7, 11) is 1.53. The van der Waals surface area contributed by atoms with E-state index in [9.17, 15) is 14.7 Å². The smallest absolute Gasteiger partial charge is 0.300 e. The second kappa shape index (κ2) is 9.77. The number of aryl methyl sites for hydroxylation is 2. The van der Waals surface area contributed by atoms with Gasteiger partial charge < -0.3 is 14.8 Å². The first-order valence-corrected chi connectivity index (χ1v) is 13.2. The first-order valence-electron chi connectivity index (χ1n) is 13.2. The minimum Gasteiger partial charge on any atom is -0.507 e. The number of aliphatic hydroxyl groups excluding tert-OH is 1. The Kier molecular flexibility index (Phi) is 6.59. The number of fused-ring (bicyclic) bond motifs is 1. The molecule has 1 amide bonds. The Morgan fingerprint density at radius 3 is 2.36 bits per heavy atom. The van der Waals surface area contributed by atoms with Crippen LogP contribution in [-0.2, 0) is 21.4 Å². The van der Waals surface area contributed by atoms with Gasteiger partial charge in [0, 0.05) is 27.8 Å². The highest BCUT2D eigenvalue weighted by Crippen LogP contribution is 2.46. The topological polar surface area (TPSA) is 82.6 Å². The molecule has 1 aliphatic rings. The second-order valence-corrected chi connectivity index (χ2v) is 11.1. The number of Topliss-reactive ketones (excluding diaryl/α,β-unsaturated/α-hetero) is 1. The van der Waals surface area contributed by atoms with Gasteiger partial charge in [-0.15, -0.1) is 0 Å². The summed E-state index contributed by atoms with van der Waals surface area (Å²) in [4.78, 5) is 32.4. The van der Waals surface area contributed by atoms with Crippen LogP contribution in [0, 0.1) is 6.92 Å². The maximum atomic E-state index is 13.8. The summed E-state index contributed by atoms with van der Waals surface area (Å²) in [5.41, 5.74) is 5.39. The van der Waals surface area contributed by atoms with E-state index in [0.29, 0.717) is 17.0 Å².